The van der Waals surface area contributed by atoms with Crippen LogP contribution < -0.4 is 24.8 Å². The first-order valence-electron chi connectivity index (χ1n) is 23.9. The largest absolute Gasteiger partial charge is 0.491 e. The molecule has 6 fully saturated rings. The summed E-state index contributed by atoms with van der Waals surface area (Å²) in [6, 6.07) is 5.75. The Kier molecular flexibility index (Phi) is 13.2. The van der Waals surface area contributed by atoms with Gasteiger partial charge in [-0.2, -0.15) is 0 Å². The van der Waals surface area contributed by atoms with Crippen molar-refractivity contribution in [1.82, 2.24) is 30.1 Å². The van der Waals surface area contributed by atoms with Crippen LogP contribution in [0.2, 0.25) is 0 Å². The lowest BCUT2D eigenvalue weighted by molar-refractivity contribution is -0.142. The fourth-order valence-electron chi connectivity index (χ4n) is 10.9. The van der Waals surface area contributed by atoms with Gasteiger partial charge in [0.05, 0.1) is 22.9 Å². The zero-order valence-corrected chi connectivity index (χ0v) is 37.7. The number of nitrogens with one attached hydrogen (secondary N) is 3. The van der Waals surface area contributed by atoms with Crippen LogP contribution in [0.5, 0.6) is 11.6 Å². The van der Waals surface area contributed by atoms with Crippen LogP contribution in [0.3, 0.4) is 0 Å². The molecular weight excluding hydrogens is 837 g/mol. The molecule has 4 aliphatic carbocycles. The molecule has 3 N–H and O–H groups in total. The highest BCUT2D eigenvalue weighted by atomic mass is 32.2. The van der Waals surface area contributed by atoms with E-state index in [0.717, 1.165) is 88.4 Å². The molecule has 7 atom stereocenters. The maximum absolute atomic E-state index is 15.1. The highest BCUT2D eigenvalue weighted by molar-refractivity contribution is 7.91. The third kappa shape index (κ3) is 9.63. The molecule has 15 nitrogen and oxygen atoms in total. The molecular formula is C48H64N6O9S. The second-order valence-electron chi connectivity index (χ2n) is 19.2. The summed E-state index contributed by atoms with van der Waals surface area (Å²) >= 11 is 0. The first kappa shape index (κ1) is 44.5. The van der Waals surface area contributed by atoms with E-state index in [2.05, 4.69) is 39.0 Å². The van der Waals surface area contributed by atoms with Gasteiger partial charge in [-0.3, -0.25) is 24.0 Å². The Bertz CT molecular complexity index is 2240. The number of carbonyl (C=O) groups excluding carboxylic acids is 4. The molecule has 4 heterocycles. The molecule has 9 rings (SSSR count). The van der Waals surface area contributed by atoms with E-state index in [1.807, 2.05) is 24.3 Å². The number of fused-ring (bicyclic) bond motifs is 5. The van der Waals surface area contributed by atoms with E-state index in [-0.39, 0.29) is 37.3 Å². The lowest BCUT2D eigenvalue weighted by Gasteiger charge is -2.32. The van der Waals surface area contributed by atoms with Gasteiger partial charge in [-0.25, -0.2) is 18.2 Å². The average molecular weight is 901 g/mol. The maximum Gasteiger partial charge on any atom is 0.408 e. The van der Waals surface area contributed by atoms with Gasteiger partial charge >= 0.3 is 6.09 Å². The van der Waals surface area contributed by atoms with E-state index < -0.39 is 68.7 Å². The van der Waals surface area contributed by atoms with Crippen molar-refractivity contribution in [3.05, 3.63) is 54.6 Å². The maximum atomic E-state index is 15.1. The van der Waals surface area contributed by atoms with Crippen LogP contribution in [0.1, 0.15) is 108 Å². The van der Waals surface area contributed by atoms with Crippen molar-refractivity contribution < 1.29 is 41.8 Å². The Hall–Kier alpha value is -4.70. The monoisotopic (exact) mass is 900 g/mol. The van der Waals surface area contributed by atoms with Gasteiger partial charge in [-0.1, -0.05) is 49.6 Å². The predicted octanol–water partition coefficient (Wildman–Crippen LogP) is 5.46. The third-order valence-corrected chi connectivity index (χ3v) is 16.7. The molecule has 1 aromatic carbocycles. The van der Waals surface area contributed by atoms with Gasteiger partial charge in [0.25, 0.3) is 5.91 Å². The van der Waals surface area contributed by atoms with Crippen molar-refractivity contribution in [3.63, 3.8) is 0 Å². The highest BCUT2D eigenvalue weighted by Crippen LogP contribution is 2.46. The van der Waals surface area contributed by atoms with Crippen LogP contribution in [-0.2, 0) is 35.6 Å². The summed E-state index contributed by atoms with van der Waals surface area (Å²) in [7, 11) is -3.91. The molecule has 1 aromatic heterocycles. The SMILES string of the molecule is C=C[C@@H]1C[C@]1(NC(=O)[C@@H]1C[C@@H]2CN1C(=O)[C@H](C1CCCC1)NC(=O)O[C@@H]1CCC[C@H]1CC/C=C\Cc1c(nc3ccccc3c1OCCN1CCCCC1)O2)C(=O)NS(=O)(=O)C1CC1. The molecule has 2 aromatic rings. The first-order valence-corrected chi connectivity index (χ1v) is 25.4. The molecule has 4 amide bonds. The van der Waals surface area contributed by atoms with Crippen molar-refractivity contribution in [2.75, 3.05) is 32.8 Å². The Morgan fingerprint density at radius 3 is 2.50 bits per heavy atom. The number of alkyl carbamates (subject to hydrolysis) is 1. The van der Waals surface area contributed by atoms with Crippen LogP contribution in [-0.4, -0.2) is 115 Å². The second kappa shape index (κ2) is 19.0. The summed E-state index contributed by atoms with van der Waals surface area (Å²) in [6.45, 7) is 7.22. The number of amides is 4. The Morgan fingerprint density at radius 1 is 0.953 bits per heavy atom. The van der Waals surface area contributed by atoms with Crippen LogP contribution in [0.25, 0.3) is 10.9 Å². The molecule has 2 saturated heterocycles. The molecule has 4 saturated carbocycles. The number of rotatable bonds is 11. The molecule has 7 aliphatic rings. The van der Waals surface area contributed by atoms with Crippen molar-refractivity contribution in [3.8, 4) is 11.6 Å². The minimum absolute atomic E-state index is 0.00333. The van der Waals surface area contributed by atoms with Crippen LogP contribution >= 0.6 is 0 Å². The number of ether oxygens (including phenoxy) is 3. The number of sulfonamides is 1. The molecule has 64 heavy (non-hydrogen) atoms. The van der Waals surface area contributed by atoms with Gasteiger partial charge in [0.15, 0.2) is 0 Å². The van der Waals surface area contributed by atoms with E-state index >= 15 is 4.79 Å². The smallest absolute Gasteiger partial charge is 0.408 e. The summed E-state index contributed by atoms with van der Waals surface area (Å²) < 4.78 is 47.8. The zero-order valence-electron chi connectivity index (χ0n) is 36.8. The number of likely N-dealkylation sites (tertiary alicyclic amines) is 1. The topological polar surface area (TPSA) is 186 Å². The van der Waals surface area contributed by atoms with E-state index in [0.29, 0.717) is 43.0 Å². The number of nitrogens with zero attached hydrogens (tertiary/aromatic N) is 3. The first-order chi connectivity index (χ1) is 31.0. The molecule has 0 radical (unpaired) electrons. The van der Waals surface area contributed by atoms with Gasteiger partial charge in [-0.15, -0.1) is 6.58 Å². The number of pyridine rings is 1. The Morgan fingerprint density at radius 2 is 1.73 bits per heavy atom. The summed E-state index contributed by atoms with van der Waals surface area (Å²) in [5, 5.41) is 6.10. The fraction of sp³-hybridized carbons (Fsp3) is 0.646. The third-order valence-electron chi connectivity index (χ3n) is 14.8. The number of hydrogen-bond donors (Lipinski definition) is 3. The highest BCUT2D eigenvalue weighted by Gasteiger charge is 2.62. The lowest BCUT2D eigenvalue weighted by Crippen LogP contribution is -2.59. The number of aromatic nitrogens is 1. The summed E-state index contributed by atoms with van der Waals surface area (Å²) in [5.74, 6) is -1.31. The minimum Gasteiger partial charge on any atom is -0.491 e. The molecule has 3 aliphatic heterocycles. The number of benzene rings is 1. The van der Waals surface area contributed by atoms with E-state index in [9.17, 15) is 22.8 Å². The van der Waals surface area contributed by atoms with Crippen LogP contribution in [0.15, 0.2) is 49.1 Å². The molecule has 0 spiro atoms. The summed E-state index contributed by atoms with van der Waals surface area (Å²) in [5.41, 5.74) is -0.0844. The zero-order chi connectivity index (χ0) is 44.4. The summed E-state index contributed by atoms with van der Waals surface area (Å²) in [4.78, 5) is 66.3. The van der Waals surface area contributed by atoms with Crippen molar-refractivity contribution in [2.24, 2.45) is 17.8 Å². The van der Waals surface area contributed by atoms with Gasteiger partial charge < -0.3 is 29.7 Å². The number of carbonyl (C=O) groups is 4. The molecule has 16 heteroatoms. The average Bonchev–Trinajstić information content (AvgIpc) is 4.08. The number of hydrogen-bond acceptors (Lipinski definition) is 11. The minimum atomic E-state index is -3.91. The Balaban J connectivity index is 1.06. The molecule has 346 valence electrons. The van der Waals surface area contributed by atoms with E-state index in [1.165, 1.54) is 30.2 Å². The lowest BCUT2D eigenvalue weighted by atomic mass is 9.96. The van der Waals surface area contributed by atoms with Crippen LogP contribution in [0, 0.1) is 17.8 Å². The van der Waals surface area contributed by atoms with Gasteiger partial charge in [0, 0.05) is 24.3 Å². The number of allylic oxidation sites excluding steroid dienone is 2. The predicted molar refractivity (Wildman–Crippen MR) is 240 cm³/mol. The quantitative estimate of drug-likeness (QED) is 0.243. The second-order valence-corrected chi connectivity index (χ2v) is 21.2. The molecule has 0 unspecified atom stereocenters. The summed E-state index contributed by atoms with van der Waals surface area (Å²) in [6.07, 6.45) is 17.0. The number of piperidine rings is 1. The standard InChI is InChI=1S/C48H64N6O9S/c1-2-33-29-48(33,46(57)52-64(59,60)35-22-23-35)51-43(55)39-28-34-30-54(39)45(56)41(32-15-7-8-16-32)50-47(58)63-40-21-13-17-31(40)14-5-3-6-19-37-42(61-27-26-53-24-11-4-12-25-53)36-18-9-10-20-38(36)49-44(37)62-34/h2-3,6,9-10,18,20,31-35,39-41H,1,4-5,7-8,11-17,19,21-30H2,(H,50,58)(H,51,55)(H,52,57)/b6-3-/t31-,33-,34-,39+,40-,41+,48-/m1/s1. The van der Waals surface area contributed by atoms with E-state index in [1.54, 1.807) is 0 Å². The van der Waals surface area contributed by atoms with E-state index in [4.69, 9.17) is 19.2 Å². The van der Waals surface area contributed by atoms with Crippen molar-refractivity contribution in [2.45, 2.75) is 144 Å². The fourth-order valence-corrected chi connectivity index (χ4v) is 12.3. The van der Waals surface area contributed by atoms with Gasteiger partial charge in [-0.05, 0) is 121 Å². The van der Waals surface area contributed by atoms with Crippen molar-refractivity contribution in [1.29, 1.82) is 0 Å². The van der Waals surface area contributed by atoms with Gasteiger partial charge in [0.1, 0.15) is 42.2 Å². The van der Waals surface area contributed by atoms with Crippen LogP contribution in [0.4, 0.5) is 4.79 Å². The number of para-hydroxylation sites is 1. The normalized spacial score (nSPS) is 31.0. The van der Waals surface area contributed by atoms with Gasteiger partial charge in [0.2, 0.25) is 27.7 Å². The Labute approximate surface area is 376 Å². The van der Waals surface area contributed by atoms with Crippen molar-refractivity contribution >= 4 is 44.7 Å². The molecule has 2 bridgehead atoms.